The number of pyridine rings is 1. The number of anilines is 1. The molecule has 1 aromatic rings. The summed E-state index contributed by atoms with van der Waals surface area (Å²) in [7, 11) is 0. The van der Waals surface area contributed by atoms with Crippen LogP contribution in [0, 0.1) is 0 Å². The minimum absolute atomic E-state index is 0.251. The number of nitrogens with one attached hydrogen (secondary N) is 1. The van der Waals surface area contributed by atoms with Crippen LogP contribution < -0.4 is 11.1 Å². The van der Waals surface area contributed by atoms with Crippen LogP contribution in [0.1, 0.15) is 24.2 Å². The van der Waals surface area contributed by atoms with Gasteiger partial charge in [-0.2, -0.15) is 0 Å². The zero-order chi connectivity index (χ0) is 12.1. The van der Waals surface area contributed by atoms with E-state index in [-0.39, 0.29) is 11.1 Å². The molecule has 16 heavy (non-hydrogen) atoms. The van der Waals surface area contributed by atoms with E-state index < -0.39 is 0 Å². The molecular formula is C11H14ClN3O. The molecule has 0 spiro atoms. The molecule has 0 saturated carbocycles. The van der Waals surface area contributed by atoms with Crippen molar-refractivity contribution >= 4 is 23.2 Å². The highest BCUT2D eigenvalue weighted by Gasteiger charge is 2.09. The third-order valence-electron chi connectivity index (χ3n) is 1.92. The first-order valence-electron chi connectivity index (χ1n) is 4.83. The monoisotopic (exact) mass is 239 g/mol. The highest BCUT2D eigenvalue weighted by atomic mass is 35.5. The molecule has 5 heteroatoms. The maximum absolute atomic E-state index is 11.7. The van der Waals surface area contributed by atoms with Gasteiger partial charge in [0.1, 0.15) is 5.15 Å². The van der Waals surface area contributed by atoms with E-state index in [1.165, 1.54) is 12.3 Å². The van der Waals surface area contributed by atoms with Crippen LogP contribution >= 0.6 is 11.6 Å². The number of rotatable bonds is 3. The van der Waals surface area contributed by atoms with E-state index in [1.54, 1.807) is 0 Å². The van der Waals surface area contributed by atoms with Crippen molar-refractivity contribution in [3.05, 3.63) is 34.6 Å². The van der Waals surface area contributed by atoms with E-state index in [2.05, 4.69) is 10.3 Å². The molecule has 1 heterocycles. The first kappa shape index (κ1) is 12.5. The number of carbonyl (C=O) groups excluding carboxylic acids is 1. The molecule has 0 aliphatic rings. The minimum atomic E-state index is -0.251. The Morgan fingerprint density at radius 1 is 1.62 bits per heavy atom. The van der Waals surface area contributed by atoms with E-state index in [4.69, 9.17) is 17.3 Å². The lowest BCUT2D eigenvalue weighted by Crippen LogP contribution is -2.24. The molecule has 1 aromatic heterocycles. The summed E-state index contributed by atoms with van der Waals surface area (Å²) in [6.45, 7) is 4.40. The molecule has 0 aromatic carbocycles. The predicted molar refractivity (Wildman–Crippen MR) is 65.4 cm³/mol. The summed E-state index contributed by atoms with van der Waals surface area (Å²) in [5, 5.41) is 2.97. The van der Waals surface area contributed by atoms with E-state index >= 15 is 0 Å². The molecule has 0 atom stereocenters. The van der Waals surface area contributed by atoms with Crippen LogP contribution in [0.3, 0.4) is 0 Å². The molecule has 0 aliphatic carbocycles. The van der Waals surface area contributed by atoms with Gasteiger partial charge in [0.25, 0.3) is 5.91 Å². The SMILES string of the molecule is CC(C)=CCNC(=O)c1cc(Cl)ncc1N. The fraction of sp³-hybridized carbons (Fsp3) is 0.273. The van der Waals surface area contributed by atoms with Crippen LogP contribution in [0.2, 0.25) is 5.15 Å². The Hall–Kier alpha value is -1.55. The van der Waals surface area contributed by atoms with Crippen molar-refractivity contribution in [3.8, 4) is 0 Å². The molecule has 0 aliphatic heterocycles. The number of amides is 1. The normalized spacial score (nSPS) is 9.69. The van der Waals surface area contributed by atoms with E-state index in [0.29, 0.717) is 17.8 Å². The number of aromatic nitrogens is 1. The van der Waals surface area contributed by atoms with Crippen molar-refractivity contribution in [1.29, 1.82) is 0 Å². The molecule has 0 bridgehead atoms. The van der Waals surface area contributed by atoms with Gasteiger partial charge in [0, 0.05) is 6.54 Å². The van der Waals surface area contributed by atoms with Gasteiger partial charge in [0.2, 0.25) is 0 Å². The smallest absolute Gasteiger partial charge is 0.253 e. The van der Waals surface area contributed by atoms with Crippen LogP contribution in [0.4, 0.5) is 5.69 Å². The van der Waals surface area contributed by atoms with Crippen LogP contribution in [0.5, 0.6) is 0 Å². The topological polar surface area (TPSA) is 68.0 Å². The zero-order valence-corrected chi connectivity index (χ0v) is 10.0. The average molecular weight is 240 g/mol. The number of hydrogen-bond acceptors (Lipinski definition) is 3. The molecule has 0 saturated heterocycles. The second kappa shape index (κ2) is 5.51. The third kappa shape index (κ3) is 3.55. The van der Waals surface area contributed by atoms with Gasteiger partial charge in [-0.25, -0.2) is 4.98 Å². The second-order valence-corrected chi connectivity index (χ2v) is 3.97. The summed E-state index contributed by atoms with van der Waals surface area (Å²) in [5.41, 5.74) is 7.43. The van der Waals surface area contributed by atoms with Gasteiger partial charge < -0.3 is 11.1 Å². The zero-order valence-electron chi connectivity index (χ0n) is 9.25. The molecule has 0 radical (unpaired) electrons. The van der Waals surface area contributed by atoms with Crippen molar-refractivity contribution in [2.45, 2.75) is 13.8 Å². The first-order valence-corrected chi connectivity index (χ1v) is 5.21. The van der Waals surface area contributed by atoms with Crippen LogP contribution in [-0.4, -0.2) is 17.4 Å². The van der Waals surface area contributed by atoms with Crippen LogP contribution in [0.25, 0.3) is 0 Å². The number of nitrogen functional groups attached to an aromatic ring is 1. The maximum atomic E-state index is 11.7. The van der Waals surface area contributed by atoms with E-state index in [0.717, 1.165) is 5.57 Å². The highest BCUT2D eigenvalue weighted by Crippen LogP contribution is 2.14. The van der Waals surface area contributed by atoms with Gasteiger partial charge in [-0.15, -0.1) is 0 Å². The van der Waals surface area contributed by atoms with E-state index in [9.17, 15) is 4.79 Å². The largest absolute Gasteiger partial charge is 0.397 e. The number of carbonyl (C=O) groups is 1. The first-order chi connectivity index (χ1) is 7.50. The third-order valence-corrected chi connectivity index (χ3v) is 2.13. The number of halogens is 1. The predicted octanol–water partition coefficient (Wildman–Crippen LogP) is 2.01. The van der Waals surface area contributed by atoms with E-state index in [1.807, 2.05) is 19.9 Å². The Labute approximate surface area is 99.5 Å². The fourth-order valence-electron chi connectivity index (χ4n) is 1.08. The molecule has 3 N–H and O–H groups in total. The van der Waals surface area contributed by atoms with Gasteiger partial charge in [0.15, 0.2) is 0 Å². The second-order valence-electron chi connectivity index (χ2n) is 3.59. The molecular weight excluding hydrogens is 226 g/mol. The number of nitrogens with zero attached hydrogens (tertiary/aromatic N) is 1. The summed E-state index contributed by atoms with van der Waals surface area (Å²) >= 11 is 5.69. The van der Waals surface area contributed by atoms with Gasteiger partial charge >= 0.3 is 0 Å². The minimum Gasteiger partial charge on any atom is -0.397 e. The number of hydrogen-bond donors (Lipinski definition) is 2. The van der Waals surface area contributed by atoms with Crippen LogP contribution in [-0.2, 0) is 0 Å². The molecule has 4 nitrogen and oxygen atoms in total. The Bertz CT molecular complexity index is 425. The Balaban J connectivity index is 2.73. The fourth-order valence-corrected chi connectivity index (χ4v) is 1.24. The Morgan fingerprint density at radius 3 is 2.94 bits per heavy atom. The van der Waals surface area contributed by atoms with Crippen molar-refractivity contribution < 1.29 is 4.79 Å². The lowest BCUT2D eigenvalue weighted by Gasteiger charge is -2.05. The molecule has 0 fully saturated rings. The van der Waals surface area contributed by atoms with Crippen LogP contribution in [0.15, 0.2) is 23.9 Å². The summed E-state index contributed by atoms with van der Waals surface area (Å²) < 4.78 is 0. The van der Waals surface area contributed by atoms with Crippen molar-refractivity contribution in [1.82, 2.24) is 10.3 Å². The summed E-state index contributed by atoms with van der Waals surface area (Å²) in [6, 6.07) is 1.45. The molecule has 1 rings (SSSR count). The quantitative estimate of drug-likeness (QED) is 0.626. The Morgan fingerprint density at radius 2 is 2.31 bits per heavy atom. The van der Waals surface area contributed by atoms with Crippen molar-refractivity contribution in [3.63, 3.8) is 0 Å². The van der Waals surface area contributed by atoms with Gasteiger partial charge in [-0.05, 0) is 19.9 Å². The lowest BCUT2D eigenvalue weighted by molar-refractivity contribution is 0.0959. The average Bonchev–Trinajstić information content (AvgIpc) is 2.21. The Kier molecular flexibility index (Phi) is 4.31. The highest BCUT2D eigenvalue weighted by molar-refractivity contribution is 6.29. The van der Waals surface area contributed by atoms with Crippen molar-refractivity contribution in [2.24, 2.45) is 0 Å². The molecule has 0 unspecified atom stereocenters. The lowest BCUT2D eigenvalue weighted by atomic mass is 10.2. The number of allylic oxidation sites excluding steroid dienone is 1. The summed E-state index contributed by atoms with van der Waals surface area (Å²) in [4.78, 5) is 15.5. The standard InChI is InChI=1S/C11H14ClN3O/c1-7(2)3-4-14-11(16)8-5-10(12)15-6-9(8)13/h3,5-6H,4,13H2,1-2H3,(H,14,16). The summed E-state index contributed by atoms with van der Waals surface area (Å²) in [5.74, 6) is -0.251. The van der Waals surface area contributed by atoms with Gasteiger partial charge in [-0.3, -0.25) is 4.79 Å². The van der Waals surface area contributed by atoms with Crippen molar-refractivity contribution in [2.75, 3.05) is 12.3 Å². The molecule has 86 valence electrons. The molecule has 1 amide bonds. The van der Waals surface area contributed by atoms with Gasteiger partial charge in [-0.1, -0.05) is 23.3 Å². The number of nitrogens with two attached hydrogens (primary N) is 1. The summed E-state index contributed by atoms with van der Waals surface area (Å²) in [6.07, 6.45) is 3.29. The van der Waals surface area contributed by atoms with Gasteiger partial charge in [0.05, 0.1) is 17.4 Å². The maximum Gasteiger partial charge on any atom is 0.253 e.